The molecule has 42 heavy (non-hydrogen) atoms. The summed E-state index contributed by atoms with van der Waals surface area (Å²) in [6, 6.07) is 41.1. The van der Waals surface area contributed by atoms with Crippen molar-refractivity contribution in [2.45, 2.75) is 19.3 Å². The summed E-state index contributed by atoms with van der Waals surface area (Å²) >= 11 is 0. The molecule has 0 saturated heterocycles. The van der Waals surface area contributed by atoms with Crippen LogP contribution in [0.1, 0.15) is 25.0 Å². The van der Waals surface area contributed by atoms with Gasteiger partial charge in [-0.15, -0.1) is 0 Å². The summed E-state index contributed by atoms with van der Waals surface area (Å²) in [4.78, 5) is 0. The molecule has 1 aliphatic carbocycles. The number of fused-ring (bicyclic) bond motifs is 15. The normalized spacial score (nSPS) is 14.1. The molecule has 6 aromatic carbocycles. The quantitative estimate of drug-likeness (QED) is 0.208. The number of para-hydroxylation sites is 3. The van der Waals surface area contributed by atoms with Crippen molar-refractivity contribution < 1.29 is 8.83 Å². The second-order valence-electron chi connectivity index (χ2n) is 12.1. The molecule has 0 saturated carbocycles. The zero-order valence-corrected chi connectivity index (χ0v) is 23.2. The Hall–Kier alpha value is -5.28. The molecular weight excluding hydrogens is 514 g/mol. The smallest absolute Gasteiger partial charge is 0.142 e. The van der Waals surface area contributed by atoms with E-state index in [-0.39, 0.29) is 5.41 Å². The van der Waals surface area contributed by atoms with Gasteiger partial charge in [-0.1, -0.05) is 92.7 Å². The van der Waals surface area contributed by atoms with Gasteiger partial charge in [-0.3, -0.25) is 0 Å². The van der Waals surface area contributed by atoms with Crippen LogP contribution >= 0.6 is 0 Å². The second kappa shape index (κ2) is 7.51. The summed E-state index contributed by atoms with van der Waals surface area (Å²) in [7, 11) is 0. The van der Waals surface area contributed by atoms with Crippen LogP contribution in [0.4, 0.5) is 0 Å². The van der Waals surface area contributed by atoms with Crippen molar-refractivity contribution in [3.05, 3.63) is 126 Å². The molecule has 0 fully saturated rings. The van der Waals surface area contributed by atoms with E-state index in [0.29, 0.717) is 0 Å². The van der Waals surface area contributed by atoms with Crippen LogP contribution in [0, 0.1) is 0 Å². The first-order chi connectivity index (χ1) is 20.6. The van der Waals surface area contributed by atoms with E-state index in [4.69, 9.17) is 8.83 Å². The average molecular weight is 540 g/mol. The lowest BCUT2D eigenvalue weighted by Gasteiger charge is -2.22. The van der Waals surface area contributed by atoms with Crippen molar-refractivity contribution in [3.8, 4) is 16.8 Å². The molecule has 0 amide bonds. The standard InChI is InChI=1S/C39H25NO2/c1-39(2)28-15-7-3-12-24(28)33-34-25-13-4-8-16-29(25)40(22-19-20-32-27(21-22)23-11-5-9-17-30(23)41-32)37(34)35-26-14-6-10-18-31(26)42-38(35)36(33)39/h3-21H,1-2H3. The largest absolute Gasteiger partial charge is 0.456 e. The van der Waals surface area contributed by atoms with E-state index in [1.807, 2.05) is 12.1 Å². The van der Waals surface area contributed by atoms with Crippen LogP contribution in [0.2, 0.25) is 0 Å². The van der Waals surface area contributed by atoms with E-state index < -0.39 is 0 Å². The van der Waals surface area contributed by atoms with Gasteiger partial charge in [0.25, 0.3) is 0 Å². The van der Waals surface area contributed by atoms with E-state index in [2.05, 4.69) is 122 Å². The third-order valence-electron chi connectivity index (χ3n) is 9.55. The van der Waals surface area contributed by atoms with Crippen LogP contribution in [0.25, 0.3) is 82.5 Å². The Morgan fingerprint density at radius 3 is 2.10 bits per heavy atom. The number of hydrogen-bond donors (Lipinski definition) is 0. The maximum Gasteiger partial charge on any atom is 0.142 e. The summed E-state index contributed by atoms with van der Waals surface area (Å²) < 4.78 is 15.5. The van der Waals surface area contributed by atoms with E-state index in [1.54, 1.807) is 0 Å². The molecule has 9 aromatic rings. The number of hydrogen-bond acceptors (Lipinski definition) is 2. The minimum atomic E-state index is -0.204. The fourth-order valence-corrected chi connectivity index (χ4v) is 7.79. The van der Waals surface area contributed by atoms with Gasteiger partial charge in [0.2, 0.25) is 0 Å². The minimum Gasteiger partial charge on any atom is -0.456 e. The van der Waals surface area contributed by atoms with Crippen LogP contribution in [0.5, 0.6) is 0 Å². The molecule has 0 aliphatic heterocycles. The summed E-state index contributed by atoms with van der Waals surface area (Å²) in [6.07, 6.45) is 0. The first kappa shape index (κ1) is 22.4. The predicted octanol–water partition coefficient (Wildman–Crippen LogP) is 10.9. The lowest BCUT2D eigenvalue weighted by Crippen LogP contribution is -2.15. The molecule has 0 radical (unpaired) electrons. The molecule has 0 unspecified atom stereocenters. The molecule has 3 aromatic heterocycles. The fraction of sp³-hybridized carbons (Fsp3) is 0.0769. The van der Waals surface area contributed by atoms with Crippen LogP contribution in [-0.2, 0) is 5.41 Å². The highest BCUT2D eigenvalue weighted by atomic mass is 16.3. The Kier molecular flexibility index (Phi) is 4.01. The monoisotopic (exact) mass is 539 g/mol. The molecule has 1 aliphatic rings. The summed E-state index contributed by atoms with van der Waals surface area (Å²) in [6.45, 7) is 4.68. The van der Waals surface area contributed by atoms with Gasteiger partial charge in [-0.25, -0.2) is 0 Å². The van der Waals surface area contributed by atoms with Crippen molar-refractivity contribution in [1.82, 2.24) is 4.57 Å². The second-order valence-corrected chi connectivity index (χ2v) is 12.1. The highest BCUT2D eigenvalue weighted by Crippen LogP contribution is 2.57. The maximum atomic E-state index is 6.84. The Balaban J connectivity index is 1.49. The molecule has 0 bridgehead atoms. The Bertz CT molecular complexity index is 2610. The number of rotatable bonds is 1. The van der Waals surface area contributed by atoms with Gasteiger partial charge < -0.3 is 13.4 Å². The van der Waals surface area contributed by atoms with Gasteiger partial charge in [0.1, 0.15) is 22.3 Å². The van der Waals surface area contributed by atoms with Crippen LogP contribution < -0.4 is 0 Å². The predicted molar refractivity (Wildman–Crippen MR) is 173 cm³/mol. The summed E-state index contributed by atoms with van der Waals surface area (Å²) in [5.41, 5.74) is 12.2. The molecular formula is C39H25NO2. The molecule has 0 atom stereocenters. The van der Waals surface area contributed by atoms with E-state index >= 15 is 0 Å². The van der Waals surface area contributed by atoms with E-state index in [0.717, 1.165) is 44.2 Å². The van der Waals surface area contributed by atoms with E-state index in [9.17, 15) is 0 Å². The Morgan fingerprint density at radius 2 is 1.24 bits per heavy atom. The molecule has 3 heteroatoms. The number of furan rings is 2. The first-order valence-corrected chi connectivity index (χ1v) is 14.5. The van der Waals surface area contributed by atoms with Gasteiger partial charge in [-0.2, -0.15) is 0 Å². The highest BCUT2D eigenvalue weighted by Gasteiger charge is 2.41. The zero-order valence-electron chi connectivity index (χ0n) is 23.2. The molecule has 198 valence electrons. The number of aromatic nitrogens is 1. The van der Waals surface area contributed by atoms with E-state index in [1.165, 1.54) is 49.4 Å². The van der Waals surface area contributed by atoms with Gasteiger partial charge in [-0.05, 0) is 53.1 Å². The average Bonchev–Trinajstić information content (AvgIpc) is 3.74. The van der Waals surface area contributed by atoms with Crippen molar-refractivity contribution in [1.29, 1.82) is 0 Å². The number of nitrogens with zero attached hydrogens (tertiary/aromatic N) is 1. The lowest BCUT2D eigenvalue weighted by molar-refractivity contribution is 0.620. The van der Waals surface area contributed by atoms with Crippen LogP contribution in [0.3, 0.4) is 0 Å². The van der Waals surface area contributed by atoms with Gasteiger partial charge >= 0.3 is 0 Å². The van der Waals surface area contributed by atoms with Gasteiger partial charge in [0, 0.05) is 43.6 Å². The summed E-state index contributed by atoms with van der Waals surface area (Å²) in [5, 5.41) is 7.11. The van der Waals surface area contributed by atoms with Crippen molar-refractivity contribution in [2.24, 2.45) is 0 Å². The molecule has 10 rings (SSSR count). The molecule has 3 heterocycles. The first-order valence-electron chi connectivity index (χ1n) is 14.5. The van der Waals surface area contributed by atoms with Gasteiger partial charge in [0.05, 0.1) is 16.4 Å². The maximum absolute atomic E-state index is 6.84. The molecule has 0 N–H and O–H groups in total. The minimum absolute atomic E-state index is 0.204. The van der Waals surface area contributed by atoms with Gasteiger partial charge in [0.15, 0.2) is 0 Å². The highest BCUT2D eigenvalue weighted by molar-refractivity contribution is 6.30. The van der Waals surface area contributed by atoms with Crippen molar-refractivity contribution in [2.75, 3.05) is 0 Å². The topological polar surface area (TPSA) is 31.2 Å². The fourth-order valence-electron chi connectivity index (χ4n) is 7.79. The number of benzene rings is 6. The van der Waals surface area contributed by atoms with Crippen LogP contribution in [-0.4, -0.2) is 4.57 Å². The Morgan fingerprint density at radius 1 is 0.571 bits per heavy atom. The third-order valence-corrected chi connectivity index (χ3v) is 9.55. The molecule has 3 nitrogen and oxygen atoms in total. The summed E-state index contributed by atoms with van der Waals surface area (Å²) in [5.74, 6) is 0. The van der Waals surface area contributed by atoms with Crippen molar-refractivity contribution in [3.63, 3.8) is 0 Å². The van der Waals surface area contributed by atoms with Crippen LogP contribution in [0.15, 0.2) is 124 Å². The molecule has 0 spiro atoms. The third kappa shape index (κ3) is 2.58. The lowest BCUT2D eigenvalue weighted by atomic mass is 9.81. The van der Waals surface area contributed by atoms with Crippen molar-refractivity contribution >= 4 is 65.7 Å². The zero-order chi connectivity index (χ0) is 27.7. The SMILES string of the molecule is CC1(C)c2ccccc2-c2c1c1oc3ccccc3c1c1c2c2ccccc2n1-c1ccc2oc3ccccc3c2c1. The Labute approximate surface area is 241 Å².